The summed E-state index contributed by atoms with van der Waals surface area (Å²) in [6, 6.07) is 0. The Morgan fingerprint density at radius 2 is 1.69 bits per heavy atom. The van der Waals surface area contributed by atoms with Gasteiger partial charge in [0.15, 0.2) is 22.9 Å². The number of imidazole rings is 2. The summed E-state index contributed by atoms with van der Waals surface area (Å²) in [6.45, 7) is -0.343. The lowest BCUT2D eigenvalue weighted by atomic mass is 10.1. The normalized spacial score (nSPS) is 22.9. The molecule has 1 unspecified atom stereocenters. The lowest BCUT2D eigenvalue weighted by Crippen LogP contribution is -2.35. The van der Waals surface area contributed by atoms with Crippen LogP contribution in [0.1, 0.15) is 0 Å². The van der Waals surface area contributed by atoms with Crippen LogP contribution >= 0.6 is 0 Å². The molecule has 1 aliphatic heterocycles. The van der Waals surface area contributed by atoms with Gasteiger partial charge < -0.3 is 41.1 Å². The zero-order valence-electron chi connectivity index (χ0n) is 16.2. The minimum Gasteiger partial charge on any atom is -0.394 e. The first-order valence-corrected chi connectivity index (χ1v) is 9.17. The number of hydrogen-bond acceptors (Lipinski definition) is 12. The Labute approximate surface area is 176 Å². The lowest BCUT2D eigenvalue weighted by molar-refractivity contribution is -0.0262. The van der Waals surface area contributed by atoms with Crippen molar-refractivity contribution in [1.29, 1.82) is 0 Å². The molecule has 0 saturated carbocycles. The van der Waals surface area contributed by atoms with Crippen molar-refractivity contribution >= 4 is 34.0 Å². The summed E-state index contributed by atoms with van der Waals surface area (Å²) in [6.07, 6.45) is -3.11. The van der Waals surface area contributed by atoms with E-state index in [4.69, 9.17) is 21.3 Å². The van der Waals surface area contributed by atoms with Gasteiger partial charge in [-0.25, -0.2) is 9.97 Å². The minimum absolute atomic E-state index is 0.0706. The summed E-state index contributed by atoms with van der Waals surface area (Å²) in [7, 11) is 0. The first kappa shape index (κ1) is 21.6. The van der Waals surface area contributed by atoms with Crippen LogP contribution < -0.4 is 11.5 Å². The van der Waals surface area contributed by atoms with Crippen molar-refractivity contribution in [2.45, 2.75) is 31.0 Å². The predicted octanol–water partition coefficient (Wildman–Crippen LogP) is -1.90. The zero-order chi connectivity index (χ0) is 23.0. The van der Waals surface area contributed by atoms with E-state index in [-0.39, 0.29) is 35.0 Å². The smallest absolute Gasteiger partial charge is 0.312 e. The van der Waals surface area contributed by atoms with Gasteiger partial charge in [0.25, 0.3) is 0 Å². The third kappa shape index (κ3) is 3.98. The molecule has 0 aromatic carbocycles. The first-order chi connectivity index (χ1) is 15.3. The van der Waals surface area contributed by atoms with Gasteiger partial charge in [-0.15, -0.1) is 0 Å². The van der Waals surface area contributed by atoms with Crippen molar-refractivity contribution in [1.82, 2.24) is 39.5 Å². The molecule has 0 amide bonds. The van der Waals surface area contributed by atoms with Crippen LogP contribution in [0.2, 0.25) is 0 Å². The molecule has 8 N–H and O–H groups in total. The average Bonchev–Trinajstić information content (AvgIpc) is 3.43. The van der Waals surface area contributed by atoms with Crippen LogP contribution in [0.4, 0.5) is 20.4 Å². The molecular weight excluding hydrogens is 432 g/mol. The molecule has 1 aliphatic rings. The first-order valence-electron chi connectivity index (χ1n) is 9.17. The Balaban J connectivity index is 0.000000186. The van der Waals surface area contributed by atoms with E-state index in [1.165, 1.54) is 17.2 Å². The fourth-order valence-electron chi connectivity index (χ4n) is 3.22. The second kappa shape index (κ2) is 8.50. The fraction of sp³-hybridized carbons (Fsp3) is 0.375. The number of nitrogen functional groups attached to an aromatic ring is 2. The number of rotatable bonds is 3. The summed E-state index contributed by atoms with van der Waals surface area (Å²) >= 11 is 0. The molecule has 5 heterocycles. The number of H-pyrrole nitrogens is 1. The monoisotopic (exact) mass is 450 g/mol. The van der Waals surface area contributed by atoms with Gasteiger partial charge >= 0.3 is 12.2 Å². The molecule has 4 aromatic heterocycles. The predicted molar refractivity (Wildman–Crippen MR) is 104 cm³/mol. The number of aliphatic hydroxyl groups is 3. The van der Waals surface area contributed by atoms with Gasteiger partial charge in [-0.2, -0.15) is 28.7 Å². The highest BCUT2D eigenvalue weighted by atomic mass is 18.2. The highest BCUT2D eigenvalue weighted by Crippen LogP contribution is 2.24. The number of nitrogens with one attached hydrogen (secondary N) is 1. The number of halogens is 2. The lowest BCUT2D eigenvalue weighted by Gasteiger charge is -2.15. The summed E-state index contributed by atoms with van der Waals surface area (Å²) in [5.41, 5.74) is 12.0. The Hall–Kier alpha value is -3.60. The van der Waals surface area contributed by atoms with Crippen molar-refractivity contribution < 1.29 is 28.8 Å². The molecule has 1 fully saturated rings. The summed E-state index contributed by atoms with van der Waals surface area (Å²) in [4.78, 5) is 24.1. The van der Waals surface area contributed by atoms with Gasteiger partial charge in [-0.05, 0) is 0 Å². The van der Waals surface area contributed by atoms with Crippen LogP contribution in [0.15, 0.2) is 12.7 Å². The van der Waals surface area contributed by atoms with E-state index in [1.54, 1.807) is 0 Å². The van der Waals surface area contributed by atoms with Crippen molar-refractivity contribution in [3.63, 3.8) is 0 Å². The average molecular weight is 450 g/mol. The van der Waals surface area contributed by atoms with Crippen molar-refractivity contribution in [3.8, 4) is 0 Å². The van der Waals surface area contributed by atoms with E-state index in [9.17, 15) is 19.0 Å². The molecule has 170 valence electrons. The van der Waals surface area contributed by atoms with Gasteiger partial charge in [0, 0.05) is 0 Å². The maximum atomic E-state index is 13.2. The van der Waals surface area contributed by atoms with Crippen molar-refractivity contribution in [2.75, 3.05) is 18.1 Å². The number of aliphatic hydroxyl groups excluding tert-OH is 3. The molecular formula is C16H18F2N10O4. The van der Waals surface area contributed by atoms with Gasteiger partial charge in [0.2, 0.25) is 0 Å². The summed E-state index contributed by atoms with van der Waals surface area (Å²) < 4.78 is 32.4. The number of aromatic amines is 1. The quantitative estimate of drug-likeness (QED) is 0.189. The molecule has 0 bridgehead atoms. The molecule has 4 aromatic rings. The van der Waals surface area contributed by atoms with Crippen LogP contribution in [-0.4, -0.2) is 85.8 Å². The second-order valence-electron chi connectivity index (χ2n) is 6.80. The van der Waals surface area contributed by atoms with Crippen LogP contribution in [0.5, 0.6) is 0 Å². The number of nitrogens with zero attached hydrogens (tertiary/aromatic N) is 7. The van der Waals surface area contributed by atoms with Crippen LogP contribution in [0, 0.1) is 12.2 Å². The third-order valence-corrected chi connectivity index (χ3v) is 4.77. The molecule has 1 saturated heterocycles. The van der Waals surface area contributed by atoms with Gasteiger partial charge in [-0.3, -0.25) is 0 Å². The van der Waals surface area contributed by atoms with E-state index in [0.717, 1.165) is 0 Å². The maximum absolute atomic E-state index is 13.2. The molecule has 14 nitrogen and oxygen atoms in total. The molecule has 0 spiro atoms. The Morgan fingerprint density at radius 3 is 2.41 bits per heavy atom. The van der Waals surface area contributed by atoms with E-state index >= 15 is 0 Å². The number of ether oxygens (including phenoxy) is 1. The van der Waals surface area contributed by atoms with Crippen LogP contribution in [0.25, 0.3) is 22.3 Å². The SMILES string of the molecule is Nc1nc([18F])nc2c1ncn2C[C@@H]1O[C@H](CO)C(O)[C@@H]1O.Nc1nc([18F])nc2nc[nH]c12. The minimum atomic E-state index is -1.19. The van der Waals surface area contributed by atoms with Crippen molar-refractivity contribution in [3.05, 3.63) is 24.8 Å². The molecule has 5 rings (SSSR count). The fourth-order valence-corrected chi connectivity index (χ4v) is 3.22. The topological polar surface area (TPSA) is 220 Å². The molecule has 16 heteroatoms. The molecule has 32 heavy (non-hydrogen) atoms. The molecule has 4 atom stereocenters. The van der Waals surface area contributed by atoms with Gasteiger partial charge in [-0.1, -0.05) is 0 Å². The highest BCUT2D eigenvalue weighted by Gasteiger charge is 2.42. The third-order valence-electron chi connectivity index (χ3n) is 4.77. The van der Waals surface area contributed by atoms with Gasteiger partial charge in [0.1, 0.15) is 35.4 Å². The van der Waals surface area contributed by atoms with Crippen LogP contribution in [-0.2, 0) is 11.3 Å². The Bertz CT molecular complexity index is 1250. The molecule has 0 radical (unpaired) electrons. The Morgan fingerprint density at radius 1 is 1.00 bits per heavy atom. The number of fused-ring (bicyclic) bond motifs is 2. The van der Waals surface area contributed by atoms with E-state index in [2.05, 4.69) is 34.9 Å². The van der Waals surface area contributed by atoms with E-state index in [1.807, 2.05) is 0 Å². The number of nitrogens with two attached hydrogens (primary N) is 2. The zero-order valence-corrected chi connectivity index (χ0v) is 16.2. The number of hydrogen-bond donors (Lipinski definition) is 6. The Kier molecular flexibility index (Phi) is 5.74. The van der Waals surface area contributed by atoms with Gasteiger partial charge in [0.05, 0.1) is 25.8 Å². The van der Waals surface area contributed by atoms with Crippen LogP contribution in [0.3, 0.4) is 0 Å². The number of anilines is 2. The van der Waals surface area contributed by atoms with E-state index < -0.39 is 43.2 Å². The largest absolute Gasteiger partial charge is 0.394 e. The maximum Gasteiger partial charge on any atom is 0.312 e. The summed E-state index contributed by atoms with van der Waals surface area (Å²) in [5, 5.41) is 28.6. The van der Waals surface area contributed by atoms with E-state index in [0.29, 0.717) is 5.52 Å². The highest BCUT2D eigenvalue weighted by molar-refractivity contribution is 5.81. The van der Waals surface area contributed by atoms with Crippen molar-refractivity contribution in [2.24, 2.45) is 0 Å². The summed E-state index contributed by atoms with van der Waals surface area (Å²) in [5.74, 6) is -0.0117. The second-order valence-corrected chi connectivity index (χ2v) is 6.80. The number of aromatic nitrogens is 8. The standard InChI is InChI=1S/C11H14FN5O4.C5H4FN5/c12-11-15-9(13)6-10(16-11)17(3-14-6)1-4-7(19)8(20)5(2-18)21-4;6-5-10-3(7)2-4(11-5)9-1-8-2/h3-5,7-8,18-20H,1-2H2,(H2,13,15,16);1H,(H3,7,8,9,10,11)/t4-,5+,7+,8?;/m0./s1/i12-1;6-1. The molecule has 0 aliphatic carbocycles.